The Morgan fingerprint density at radius 1 is 0.972 bits per heavy atom. The molecule has 0 aliphatic rings. The standard InChI is InChI=1S/C29H33N3O3.CH4/c1-21-15-16-25-28(31-35-19-8-14-27(33)34)24-12-6-7-13-26(24)32(29(25)22(21)2)18-9-17-30-20-23-10-4-3-5-11-23;/h3-7,10-13,15-16,30H,8-9,14,17-20H2,1-2H3,(H,33,34);1H4/b31-28+;. The molecule has 0 amide bonds. The average Bonchev–Trinajstić information content (AvgIpc) is 2.87. The summed E-state index contributed by atoms with van der Waals surface area (Å²) in [7, 11) is 0. The number of carboxylic acid groups (broad SMARTS) is 1. The third-order valence-electron chi connectivity index (χ3n) is 6.37. The predicted molar refractivity (Wildman–Crippen MR) is 147 cm³/mol. The van der Waals surface area contributed by atoms with Crippen molar-refractivity contribution >= 4 is 27.8 Å². The van der Waals surface area contributed by atoms with E-state index in [1.54, 1.807) is 0 Å². The van der Waals surface area contributed by atoms with Gasteiger partial charge in [0.2, 0.25) is 0 Å². The second-order valence-corrected chi connectivity index (χ2v) is 8.86. The second-order valence-electron chi connectivity index (χ2n) is 8.86. The lowest BCUT2D eigenvalue weighted by Crippen LogP contribution is -2.19. The van der Waals surface area contributed by atoms with Crippen molar-refractivity contribution in [2.45, 2.75) is 53.6 Å². The quantitative estimate of drug-likeness (QED) is 0.156. The van der Waals surface area contributed by atoms with Crippen molar-refractivity contribution in [3.63, 3.8) is 0 Å². The molecule has 0 saturated carbocycles. The number of aliphatic carboxylic acids is 1. The zero-order valence-electron chi connectivity index (χ0n) is 20.5. The molecule has 3 aromatic carbocycles. The van der Waals surface area contributed by atoms with Gasteiger partial charge in [-0.2, -0.15) is 0 Å². The molecule has 6 heteroatoms. The first-order valence-corrected chi connectivity index (χ1v) is 12.2. The van der Waals surface area contributed by atoms with E-state index in [1.807, 2.05) is 12.1 Å². The normalized spacial score (nSPS) is 11.6. The number of benzene rings is 3. The van der Waals surface area contributed by atoms with Crippen LogP contribution in [-0.4, -0.2) is 28.8 Å². The SMILES string of the molecule is C.Cc1ccc2/c(=N/OCCCC(=O)O)c3ccccc3n(CCCNCc3ccccc3)c2c1C. The smallest absolute Gasteiger partial charge is 0.303 e. The topological polar surface area (TPSA) is 75.8 Å². The molecule has 0 aliphatic heterocycles. The fraction of sp³-hybridized carbons (Fsp3) is 0.333. The van der Waals surface area contributed by atoms with Gasteiger partial charge in [-0.15, -0.1) is 0 Å². The fourth-order valence-corrected chi connectivity index (χ4v) is 4.43. The monoisotopic (exact) mass is 487 g/mol. The summed E-state index contributed by atoms with van der Waals surface area (Å²) < 4.78 is 2.40. The Morgan fingerprint density at radius 3 is 2.50 bits per heavy atom. The number of nitrogens with one attached hydrogen (secondary N) is 1. The summed E-state index contributed by atoms with van der Waals surface area (Å²) in [5.74, 6) is -0.824. The highest BCUT2D eigenvalue weighted by Crippen LogP contribution is 2.25. The maximum atomic E-state index is 10.8. The van der Waals surface area contributed by atoms with Gasteiger partial charge in [-0.05, 0) is 56.0 Å². The summed E-state index contributed by atoms with van der Waals surface area (Å²) in [6.45, 7) is 7.23. The van der Waals surface area contributed by atoms with Gasteiger partial charge in [0.1, 0.15) is 12.0 Å². The predicted octanol–water partition coefficient (Wildman–Crippen LogP) is 5.92. The lowest BCUT2D eigenvalue weighted by molar-refractivity contribution is -0.137. The minimum atomic E-state index is -0.824. The molecule has 1 heterocycles. The Hall–Kier alpha value is -3.64. The van der Waals surface area contributed by atoms with E-state index in [1.165, 1.54) is 22.2 Å². The molecule has 0 fully saturated rings. The molecule has 190 valence electrons. The molecule has 0 unspecified atom stereocenters. The molecule has 0 spiro atoms. The highest BCUT2D eigenvalue weighted by molar-refractivity contribution is 5.95. The van der Waals surface area contributed by atoms with Crippen LogP contribution in [0.25, 0.3) is 21.8 Å². The summed E-state index contributed by atoms with van der Waals surface area (Å²) >= 11 is 0. The van der Waals surface area contributed by atoms with Gasteiger partial charge in [0.05, 0.1) is 11.0 Å². The molecule has 6 nitrogen and oxygen atoms in total. The molecule has 36 heavy (non-hydrogen) atoms. The Labute approximate surface area is 213 Å². The number of rotatable bonds is 11. The Bertz CT molecular complexity index is 1380. The number of fused-ring (bicyclic) bond motifs is 2. The third kappa shape index (κ3) is 6.32. The van der Waals surface area contributed by atoms with E-state index in [-0.39, 0.29) is 20.5 Å². The molecule has 0 aliphatic carbocycles. The van der Waals surface area contributed by atoms with Crippen LogP contribution in [0.2, 0.25) is 0 Å². The van der Waals surface area contributed by atoms with Gasteiger partial charge < -0.3 is 19.8 Å². The lowest BCUT2D eigenvalue weighted by Gasteiger charge is -2.19. The summed E-state index contributed by atoms with van der Waals surface area (Å²) in [4.78, 5) is 16.4. The first-order chi connectivity index (χ1) is 17.1. The van der Waals surface area contributed by atoms with Crippen LogP contribution in [-0.2, 0) is 22.7 Å². The van der Waals surface area contributed by atoms with Crippen LogP contribution in [0.15, 0.2) is 71.9 Å². The van der Waals surface area contributed by atoms with E-state index in [9.17, 15) is 4.79 Å². The lowest BCUT2D eigenvalue weighted by atomic mass is 10.0. The molecule has 0 saturated heterocycles. The van der Waals surface area contributed by atoms with Crippen molar-refractivity contribution in [3.8, 4) is 0 Å². The van der Waals surface area contributed by atoms with Gasteiger partial charge in [-0.1, -0.05) is 73.2 Å². The van der Waals surface area contributed by atoms with Crippen molar-refractivity contribution in [2.75, 3.05) is 13.2 Å². The van der Waals surface area contributed by atoms with E-state index >= 15 is 0 Å². The van der Waals surface area contributed by atoms with E-state index in [4.69, 9.17) is 9.94 Å². The minimum Gasteiger partial charge on any atom is -0.481 e. The van der Waals surface area contributed by atoms with E-state index < -0.39 is 5.97 Å². The Kier molecular flexibility index (Phi) is 9.65. The molecule has 0 bridgehead atoms. The number of pyridine rings is 1. The number of carboxylic acids is 1. The zero-order valence-corrected chi connectivity index (χ0v) is 20.5. The van der Waals surface area contributed by atoms with Crippen molar-refractivity contribution in [2.24, 2.45) is 5.16 Å². The Morgan fingerprint density at radius 2 is 1.72 bits per heavy atom. The summed E-state index contributed by atoms with van der Waals surface area (Å²) in [5, 5.41) is 19.8. The van der Waals surface area contributed by atoms with Gasteiger partial charge >= 0.3 is 5.97 Å². The third-order valence-corrected chi connectivity index (χ3v) is 6.37. The number of para-hydroxylation sites is 1. The van der Waals surface area contributed by atoms with Crippen LogP contribution in [0.4, 0.5) is 0 Å². The molecule has 0 atom stereocenters. The van der Waals surface area contributed by atoms with Crippen molar-refractivity contribution in [3.05, 3.63) is 88.8 Å². The minimum absolute atomic E-state index is 0. The van der Waals surface area contributed by atoms with Crippen LogP contribution < -0.4 is 10.7 Å². The van der Waals surface area contributed by atoms with Crippen LogP contribution in [0.1, 0.15) is 43.4 Å². The molecule has 2 N–H and O–H groups in total. The maximum absolute atomic E-state index is 10.8. The Balaban J connectivity index is 0.00000361. The fourth-order valence-electron chi connectivity index (χ4n) is 4.43. The molecule has 0 radical (unpaired) electrons. The molecule has 1 aromatic heterocycles. The first kappa shape index (κ1) is 27.0. The van der Waals surface area contributed by atoms with Crippen molar-refractivity contribution < 1.29 is 14.7 Å². The van der Waals surface area contributed by atoms with Gasteiger partial charge in [0.25, 0.3) is 0 Å². The zero-order chi connectivity index (χ0) is 24.6. The molecular formula is C30H37N3O3. The van der Waals surface area contributed by atoms with E-state index in [0.717, 1.165) is 47.7 Å². The number of hydrogen-bond donors (Lipinski definition) is 2. The first-order valence-electron chi connectivity index (χ1n) is 12.2. The summed E-state index contributed by atoms with van der Waals surface area (Å²) in [6.07, 6.45) is 1.49. The van der Waals surface area contributed by atoms with Crippen LogP contribution in [0, 0.1) is 13.8 Å². The second kappa shape index (κ2) is 12.9. The largest absolute Gasteiger partial charge is 0.481 e. The maximum Gasteiger partial charge on any atom is 0.303 e. The highest BCUT2D eigenvalue weighted by Gasteiger charge is 2.13. The van der Waals surface area contributed by atoms with Gasteiger partial charge in [-0.3, -0.25) is 4.79 Å². The highest BCUT2D eigenvalue weighted by atomic mass is 16.6. The van der Waals surface area contributed by atoms with Crippen molar-refractivity contribution in [1.82, 2.24) is 9.88 Å². The number of carbonyl (C=O) groups is 1. The molecular weight excluding hydrogens is 450 g/mol. The molecule has 4 rings (SSSR count). The average molecular weight is 488 g/mol. The van der Waals surface area contributed by atoms with Gasteiger partial charge in [0, 0.05) is 30.3 Å². The van der Waals surface area contributed by atoms with Crippen LogP contribution in [0.3, 0.4) is 0 Å². The van der Waals surface area contributed by atoms with Crippen LogP contribution >= 0.6 is 0 Å². The number of nitrogens with zero attached hydrogens (tertiary/aromatic N) is 2. The number of aryl methyl sites for hydroxylation is 3. The van der Waals surface area contributed by atoms with Crippen LogP contribution in [0.5, 0.6) is 0 Å². The van der Waals surface area contributed by atoms with Crippen molar-refractivity contribution in [1.29, 1.82) is 0 Å². The van der Waals surface area contributed by atoms with E-state index in [0.29, 0.717) is 6.42 Å². The number of aromatic nitrogens is 1. The van der Waals surface area contributed by atoms with E-state index in [2.05, 4.69) is 83.5 Å². The molecule has 4 aromatic rings. The number of hydrogen-bond acceptors (Lipinski definition) is 4. The summed E-state index contributed by atoms with van der Waals surface area (Å²) in [6, 6.07) is 23.0. The van der Waals surface area contributed by atoms with Gasteiger partial charge in [0.15, 0.2) is 0 Å². The summed E-state index contributed by atoms with van der Waals surface area (Å²) in [5.41, 5.74) is 6.03. The van der Waals surface area contributed by atoms with Gasteiger partial charge in [-0.25, -0.2) is 0 Å².